The van der Waals surface area contributed by atoms with Crippen LogP contribution in [0.2, 0.25) is 0 Å². The van der Waals surface area contributed by atoms with Crippen molar-refractivity contribution >= 4 is 11.9 Å². The van der Waals surface area contributed by atoms with Gasteiger partial charge in [0, 0.05) is 20.1 Å². The van der Waals surface area contributed by atoms with Crippen LogP contribution in [0.3, 0.4) is 0 Å². The van der Waals surface area contributed by atoms with Crippen LogP contribution < -0.4 is 15.2 Å². The maximum absolute atomic E-state index is 12.7. The predicted octanol–water partition coefficient (Wildman–Crippen LogP) is 1.45. The standard InChI is InChI=1S/C17H19N3O4/c1-3-23-16(22)13-14(24-11-12-7-5-4-6-8-12)15(21)20-10-9-19(2)17(20)18-13/h4-8H,3,9-11H2,1-2H3. The van der Waals surface area contributed by atoms with Gasteiger partial charge < -0.3 is 14.4 Å². The van der Waals surface area contributed by atoms with Crippen molar-refractivity contribution in [3.63, 3.8) is 0 Å². The normalized spacial score (nSPS) is 12.8. The fraction of sp³-hybridized carbons (Fsp3) is 0.353. The van der Waals surface area contributed by atoms with Gasteiger partial charge in [-0.25, -0.2) is 9.78 Å². The second kappa shape index (κ2) is 6.74. The van der Waals surface area contributed by atoms with E-state index in [0.29, 0.717) is 19.0 Å². The molecule has 24 heavy (non-hydrogen) atoms. The number of carbonyl (C=O) groups is 1. The van der Waals surface area contributed by atoms with Crippen molar-refractivity contribution in [1.29, 1.82) is 0 Å². The van der Waals surface area contributed by atoms with E-state index in [1.807, 2.05) is 42.3 Å². The van der Waals surface area contributed by atoms with Gasteiger partial charge in [0.25, 0.3) is 5.56 Å². The summed E-state index contributed by atoms with van der Waals surface area (Å²) in [6.45, 7) is 3.26. The van der Waals surface area contributed by atoms with E-state index in [9.17, 15) is 9.59 Å². The van der Waals surface area contributed by atoms with Crippen LogP contribution in [0.25, 0.3) is 0 Å². The molecule has 0 saturated heterocycles. The first-order chi connectivity index (χ1) is 11.6. The number of ether oxygens (including phenoxy) is 2. The highest BCUT2D eigenvalue weighted by Crippen LogP contribution is 2.22. The van der Waals surface area contributed by atoms with Gasteiger partial charge in [-0.3, -0.25) is 9.36 Å². The molecule has 0 fully saturated rings. The molecule has 0 aliphatic carbocycles. The molecule has 1 aliphatic rings. The summed E-state index contributed by atoms with van der Waals surface area (Å²) in [6.07, 6.45) is 0. The van der Waals surface area contributed by atoms with E-state index in [2.05, 4.69) is 4.98 Å². The molecule has 126 valence electrons. The molecule has 0 spiro atoms. The Morgan fingerprint density at radius 1 is 1.25 bits per heavy atom. The van der Waals surface area contributed by atoms with Gasteiger partial charge in [-0.2, -0.15) is 0 Å². The Morgan fingerprint density at radius 2 is 2.00 bits per heavy atom. The number of aromatic nitrogens is 2. The summed E-state index contributed by atoms with van der Waals surface area (Å²) in [5.41, 5.74) is 0.468. The lowest BCUT2D eigenvalue weighted by Crippen LogP contribution is -2.26. The lowest BCUT2D eigenvalue weighted by Gasteiger charge is -2.14. The number of carbonyl (C=O) groups excluding carboxylic acids is 1. The number of nitrogens with zero attached hydrogens (tertiary/aromatic N) is 3. The Labute approximate surface area is 139 Å². The molecule has 2 heterocycles. The lowest BCUT2D eigenvalue weighted by atomic mass is 10.2. The highest BCUT2D eigenvalue weighted by molar-refractivity contribution is 5.90. The van der Waals surface area contributed by atoms with Gasteiger partial charge in [0.05, 0.1) is 6.61 Å². The summed E-state index contributed by atoms with van der Waals surface area (Å²) in [5.74, 6) is -0.257. The van der Waals surface area contributed by atoms with Crippen molar-refractivity contribution in [3.05, 3.63) is 51.9 Å². The van der Waals surface area contributed by atoms with Crippen LogP contribution in [-0.2, 0) is 17.9 Å². The van der Waals surface area contributed by atoms with Gasteiger partial charge >= 0.3 is 5.97 Å². The molecule has 0 bridgehead atoms. The topological polar surface area (TPSA) is 73.7 Å². The first-order valence-electron chi connectivity index (χ1n) is 7.81. The zero-order valence-electron chi connectivity index (χ0n) is 13.7. The first-order valence-corrected chi connectivity index (χ1v) is 7.81. The Morgan fingerprint density at radius 3 is 2.71 bits per heavy atom. The second-order valence-electron chi connectivity index (χ2n) is 5.46. The third-order valence-electron chi connectivity index (χ3n) is 3.80. The predicted molar refractivity (Wildman–Crippen MR) is 88.5 cm³/mol. The molecular formula is C17H19N3O4. The molecule has 0 N–H and O–H groups in total. The monoisotopic (exact) mass is 329 g/mol. The average Bonchev–Trinajstić information content (AvgIpc) is 2.96. The van der Waals surface area contributed by atoms with Gasteiger partial charge in [0.15, 0.2) is 5.69 Å². The molecule has 7 nitrogen and oxygen atoms in total. The Bertz CT molecular complexity index is 801. The molecule has 1 aromatic heterocycles. The molecule has 7 heteroatoms. The number of esters is 1. The first kappa shape index (κ1) is 16.0. The van der Waals surface area contributed by atoms with E-state index in [-0.39, 0.29) is 30.2 Å². The van der Waals surface area contributed by atoms with E-state index in [1.54, 1.807) is 6.92 Å². The molecule has 0 amide bonds. The Balaban J connectivity index is 1.99. The molecule has 2 aromatic rings. The molecular weight excluding hydrogens is 310 g/mol. The van der Waals surface area contributed by atoms with Gasteiger partial charge in [-0.15, -0.1) is 0 Å². The van der Waals surface area contributed by atoms with Gasteiger partial charge in [0.1, 0.15) is 6.61 Å². The van der Waals surface area contributed by atoms with Crippen molar-refractivity contribution in [2.24, 2.45) is 0 Å². The Hall–Kier alpha value is -2.83. The van der Waals surface area contributed by atoms with Crippen LogP contribution >= 0.6 is 0 Å². The highest BCUT2D eigenvalue weighted by atomic mass is 16.5. The number of hydrogen-bond acceptors (Lipinski definition) is 6. The Kier molecular flexibility index (Phi) is 4.50. The number of hydrogen-bond donors (Lipinski definition) is 0. The van der Waals surface area contributed by atoms with Crippen molar-refractivity contribution < 1.29 is 14.3 Å². The van der Waals surface area contributed by atoms with Crippen LogP contribution in [-0.4, -0.2) is 35.7 Å². The van der Waals surface area contributed by atoms with Crippen molar-refractivity contribution in [1.82, 2.24) is 9.55 Å². The van der Waals surface area contributed by atoms with Crippen LogP contribution in [0.1, 0.15) is 23.0 Å². The van der Waals surface area contributed by atoms with Gasteiger partial charge in [0.2, 0.25) is 11.7 Å². The number of rotatable bonds is 5. The van der Waals surface area contributed by atoms with E-state index in [0.717, 1.165) is 5.56 Å². The fourth-order valence-electron chi connectivity index (χ4n) is 2.57. The number of anilines is 1. The minimum atomic E-state index is -0.652. The van der Waals surface area contributed by atoms with Gasteiger partial charge in [-0.05, 0) is 12.5 Å². The summed E-state index contributed by atoms with van der Waals surface area (Å²) >= 11 is 0. The van der Waals surface area contributed by atoms with Crippen LogP contribution in [0.5, 0.6) is 5.75 Å². The summed E-state index contributed by atoms with van der Waals surface area (Å²) in [5, 5.41) is 0. The number of benzene rings is 1. The van der Waals surface area contributed by atoms with Crippen molar-refractivity contribution in [2.45, 2.75) is 20.1 Å². The zero-order valence-corrected chi connectivity index (χ0v) is 13.7. The van der Waals surface area contributed by atoms with Gasteiger partial charge in [-0.1, -0.05) is 30.3 Å². The average molecular weight is 329 g/mol. The molecule has 0 unspecified atom stereocenters. The molecule has 0 atom stereocenters. The van der Waals surface area contributed by atoms with Crippen LogP contribution in [0, 0.1) is 0 Å². The largest absolute Gasteiger partial charge is 0.481 e. The fourth-order valence-corrected chi connectivity index (χ4v) is 2.57. The van der Waals surface area contributed by atoms with Crippen molar-refractivity contribution in [3.8, 4) is 5.75 Å². The summed E-state index contributed by atoms with van der Waals surface area (Å²) in [4.78, 5) is 31.1. The summed E-state index contributed by atoms with van der Waals surface area (Å²) in [6, 6.07) is 9.43. The van der Waals surface area contributed by atoms with E-state index in [1.165, 1.54) is 4.57 Å². The molecule has 0 saturated carbocycles. The quantitative estimate of drug-likeness (QED) is 0.773. The third-order valence-corrected chi connectivity index (χ3v) is 3.80. The third kappa shape index (κ3) is 2.97. The minimum absolute atomic E-state index is 0.0589. The maximum atomic E-state index is 12.7. The van der Waals surface area contributed by atoms with E-state index in [4.69, 9.17) is 9.47 Å². The summed E-state index contributed by atoms with van der Waals surface area (Å²) < 4.78 is 12.2. The maximum Gasteiger partial charge on any atom is 0.361 e. The molecule has 1 aliphatic heterocycles. The molecule has 3 rings (SSSR count). The number of likely N-dealkylation sites (N-methyl/N-ethyl adjacent to an activating group) is 1. The van der Waals surface area contributed by atoms with E-state index < -0.39 is 5.97 Å². The minimum Gasteiger partial charge on any atom is -0.481 e. The molecule has 1 aromatic carbocycles. The lowest BCUT2D eigenvalue weighted by molar-refractivity contribution is 0.0513. The highest BCUT2D eigenvalue weighted by Gasteiger charge is 2.28. The van der Waals surface area contributed by atoms with Crippen molar-refractivity contribution in [2.75, 3.05) is 25.1 Å². The van der Waals surface area contributed by atoms with E-state index >= 15 is 0 Å². The number of fused-ring (bicyclic) bond motifs is 1. The summed E-state index contributed by atoms with van der Waals surface area (Å²) in [7, 11) is 1.82. The zero-order chi connectivity index (χ0) is 17.1. The second-order valence-corrected chi connectivity index (χ2v) is 5.46. The van der Waals surface area contributed by atoms with Crippen LogP contribution in [0.15, 0.2) is 35.1 Å². The smallest absolute Gasteiger partial charge is 0.361 e. The molecule has 0 radical (unpaired) electrons. The SMILES string of the molecule is CCOC(=O)c1nc2n(c(=O)c1OCc1ccccc1)CCN2C. The van der Waals surface area contributed by atoms with Crippen LogP contribution in [0.4, 0.5) is 5.95 Å².